The van der Waals surface area contributed by atoms with Crippen molar-refractivity contribution < 1.29 is 4.79 Å². The summed E-state index contributed by atoms with van der Waals surface area (Å²) in [5.74, 6) is 0.108. The van der Waals surface area contributed by atoms with Crippen LogP contribution in [0.25, 0.3) is 0 Å². The summed E-state index contributed by atoms with van der Waals surface area (Å²) >= 11 is 1.63. The van der Waals surface area contributed by atoms with Gasteiger partial charge in [0.1, 0.15) is 0 Å². The lowest BCUT2D eigenvalue weighted by Crippen LogP contribution is -2.36. The number of carbonyl (C=O) groups is 1. The van der Waals surface area contributed by atoms with Crippen LogP contribution in [0.4, 0.5) is 5.69 Å². The molecule has 1 atom stereocenters. The van der Waals surface area contributed by atoms with Crippen LogP contribution in [0.2, 0.25) is 0 Å². The molecule has 0 radical (unpaired) electrons. The van der Waals surface area contributed by atoms with E-state index in [-0.39, 0.29) is 11.9 Å². The van der Waals surface area contributed by atoms with E-state index >= 15 is 0 Å². The first-order chi connectivity index (χ1) is 9.74. The van der Waals surface area contributed by atoms with Crippen molar-refractivity contribution in [1.82, 2.24) is 5.32 Å². The number of anilines is 1. The van der Waals surface area contributed by atoms with Crippen molar-refractivity contribution in [2.45, 2.75) is 18.9 Å². The average molecular weight is 286 g/mol. The normalized spacial score (nSPS) is 17.6. The third kappa shape index (κ3) is 2.70. The molecule has 1 amide bonds. The van der Waals surface area contributed by atoms with Crippen LogP contribution in [-0.4, -0.2) is 19.5 Å². The maximum absolute atomic E-state index is 12.2. The number of carbonyl (C=O) groups excluding carboxylic acids is 1. The number of fused-ring (bicyclic) bond motifs is 1. The molecule has 1 aromatic carbocycles. The summed E-state index contributed by atoms with van der Waals surface area (Å²) in [4.78, 5) is 15.5. The highest BCUT2D eigenvalue weighted by molar-refractivity contribution is 7.10. The number of para-hydroxylation sites is 1. The Morgan fingerprint density at radius 3 is 3.00 bits per heavy atom. The summed E-state index contributed by atoms with van der Waals surface area (Å²) < 4.78 is 0. The summed E-state index contributed by atoms with van der Waals surface area (Å²) in [5, 5.41) is 5.18. The fourth-order valence-corrected chi connectivity index (χ4v) is 3.40. The molecule has 0 fully saturated rings. The standard InChI is InChI=1S/C16H18N2OS/c1-18-9-8-14(13-6-2-3-7-15(13)18)17-16(19)11-12-5-4-10-20-12/h2-7,10,14H,8-9,11H2,1H3,(H,17,19). The first-order valence-electron chi connectivity index (χ1n) is 6.86. The molecule has 3 rings (SSSR count). The van der Waals surface area contributed by atoms with E-state index in [1.165, 1.54) is 11.3 Å². The Labute approximate surface area is 123 Å². The van der Waals surface area contributed by atoms with E-state index in [1.54, 1.807) is 11.3 Å². The zero-order chi connectivity index (χ0) is 13.9. The number of hydrogen-bond acceptors (Lipinski definition) is 3. The van der Waals surface area contributed by atoms with Gasteiger partial charge in [-0.2, -0.15) is 0 Å². The van der Waals surface area contributed by atoms with Crippen LogP contribution in [0.5, 0.6) is 0 Å². The van der Waals surface area contributed by atoms with E-state index in [1.807, 2.05) is 29.6 Å². The summed E-state index contributed by atoms with van der Waals surface area (Å²) in [6.07, 6.45) is 1.44. The molecular weight excluding hydrogens is 268 g/mol. The van der Waals surface area contributed by atoms with Crippen molar-refractivity contribution in [3.63, 3.8) is 0 Å². The van der Waals surface area contributed by atoms with Gasteiger partial charge in [-0.25, -0.2) is 0 Å². The van der Waals surface area contributed by atoms with Gasteiger partial charge in [0.05, 0.1) is 12.5 Å². The summed E-state index contributed by atoms with van der Waals surface area (Å²) in [7, 11) is 2.10. The fourth-order valence-electron chi connectivity index (χ4n) is 2.70. The Kier molecular flexibility index (Phi) is 3.74. The minimum atomic E-state index is 0.108. The maximum atomic E-state index is 12.2. The molecule has 3 nitrogen and oxygen atoms in total. The fraction of sp³-hybridized carbons (Fsp3) is 0.312. The lowest BCUT2D eigenvalue weighted by atomic mass is 9.96. The van der Waals surface area contributed by atoms with Gasteiger partial charge in [-0.3, -0.25) is 4.79 Å². The molecule has 1 aliphatic rings. The molecular formula is C16H18N2OS. The van der Waals surface area contributed by atoms with Gasteiger partial charge >= 0.3 is 0 Å². The average Bonchev–Trinajstić information content (AvgIpc) is 2.95. The lowest BCUT2D eigenvalue weighted by molar-refractivity contribution is -0.121. The second kappa shape index (κ2) is 5.67. The lowest BCUT2D eigenvalue weighted by Gasteiger charge is -2.33. The van der Waals surface area contributed by atoms with Crippen LogP contribution in [0.3, 0.4) is 0 Å². The molecule has 0 saturated carbocycles. The highest BCUT2D eigenvalue weighted by Gasteiger charge is 2.24. The van der Waals surface area contributed by atoms with E-state index in [4.69, 9.17) is 0 Å². The number of thiophene rings is 1. The van der Waals surface area contributed by atoms with Gasteiger partial charge < -0.3 is 10.2 Å². The molecule has 1 unspecified atom stereocenters. The predicted molar refractivity (Wildman–Crippen MR) is 83.2 cm³/mol. The van der Waals surface area contributed by atoms with Crippen molar-refractivity contribution in [2.75, 3.05) is 18.5 Å². The molecule has 1 N–H and O–H groups in total. The molecule has 2 aromatic rings. The Bertz CT molecular complexity index is 594. The van der Waals surface area contributed by atoms with Gasteiger partial charge in [-0.05, 0) is 29.5 Å². The topological polar surface area (TPSA) is 32.3 Å². The molecule has 20 heavy (non-hydrogen) atoms. The van der Waals surface area contributed by atoms with Crippen LogP contribution >= 0.6 is 11.3 Å². The molecule has 0 saturated heterocycles. The second-order valence-corrected chi connectivity index (χ2v) is 6.18. The van der Waals surface area contributed by atoms with Gasteiger partial charge in [0.25, 0.3) is 0 Å². The molecule has 2 heterocycles. The SMILES string of the molecule is CN1CCC(NC(=O)Cc2cccs2)c2ccccc21. The van der Waals surface area contributed by atoms with Crippen LogP contribution in [-0.2, 0) is 11.2 Å². The number of amides is 1. The quantitative estimate of drug-likeness (QED) is 0.941. The van der Waals surface area contributed by atoms with Gasteiger partial charge in [0.15, 0.2) is 0 Å². The van der Waals surface area contributed by atoms with Crippen LogP contribution < -0.4 is 10.2 Å². The van der Waals surface area contributed by atoms with Crippen LogP contribution in [0.15, 0.2) is 41.8 Å². The predicted octanol–water partition coefficient (Wildman–Crippen LogP) is 2.99. The van der Waals surface area contributed by atoms with E-state index in [0.717, 1.165) is 17.8 Å². The van der Waals surface area contributed by atoms with Crippen molar-refractivity contribution >= 4 is 22.9 Å². The van der Waals surface area contributed by atoms with Crippen molar-refractivity contribution in [3.05, 3.63) is 52.2 Å². The Morgan fingerprint density at radius 2 is 2.20 bits per heavy atom. The van der Waals surface area contributed by atoms with E-state index < -0.39 is 0 Å². The first kappa shape index (κ1) is 13.2. The molecule has 4 heteroatoms. The largest absolute Gasteiger partial charge is 0.374 e. The first-order valence-corrected chi connectivity index (χ1v) is 7.74. The molecule has 0 aliphatic carbocycles. The number of rotatable bonds is 3. The summed E-state index contributed by atoms with van der Waals surface area (Å²) in [6.45, 7) is 0.973. The maximum Gasteiger partial charge on any atom is 0.225 e. The third-order valence-electron chi connectivity index (χ3n) is 3.73. The molecule has 1 aliphatic heterocycles. The minimum absolute atomic E-state index is 0.108. The minimum Gasteiger partial charge on any atom is -0.374 e. The zero-order valence-corrected chi connectivity index (χ0v) is 12.3. The monoisotopic (exact) mass is 286 g/mol. The molecule has 0 bridgehead atoms. The van der Waals surface area contributed by atoms with Crippen LogP contribution in [0, 0.1) is 0 Å². The van der Waals surface area contributed by atoms with Crippen molar-refractivity contribution in [2.24, 2.45) is 0 Å². The zero-order valence-electron chi connectivity index (χ0n) is 11.5. The highest BCUT2D eigenvalue weighted by Crippen LogP contribution is 2.32. The number of nitrogens with zero attached hydrogens (tertiary/aromatic N) is 1. The Morgan fingerprint density at radius 1 is 1.35 bits per heavy atom. The van der Waals surface area contributed by atoms with Crippen molar-refractivity contribution in [1.29, 1.82) is 0 Å². The van der Waals surface area contributed by atoms with E-state index in [2.05, 4.69) is 29.4 Å². The van der Waals surface area contributed by atoms with E-state index in [0.29, 0.717) is 6.42 Å². The van der Waals surface area contributed by atoms with Gasteiger partial charge in [0, 0.05) is 24.2 Å². The summed E-state index contributed by atoms with van der Waals surface area (Å²) in [6, 6.07) is 12.4. The van der Waals surface area contributed by atoms with Gasteiger partial charge in [-0.15, -0.1) is 11.3 Å². The van der Waals surface area contributed by atoms with Crippen molar-refractivity contribution in [3.8, 4) is 0 Å². The number of benzene rings is 1. The summed E-state index contributed by atoms with van der Waals surface area (Å²) in [5.41, 5.74) is 2.45. The third-order valence-corrected chi connectivity index (χ3v) is 4.60. The second-order valence-electron chi connectivity index (χ2n) is 5.15. The van der Waals surface area contributed by atoms with Gasteiger partial charge in [0.2, 0.25) is 5.91 Å². The molecule has 104 valence electrons. The molecule has 1 aromatic heterocycles. The number of nitrogens with one attached hydrogen (secondary N) is 1. The smallest absolute Gasteiger partial charge is 0.225 e. The molecule has 0 spiro atoms. The highest BCUT2D eigenvalue weighted by atomic mass is 32.1. The Hall–Kier alpha value is -1.81. The van der Waals surface area contributed by atoms with Gasteiger partial charge in [-0.1, -0.05) is 24.3 Å². The number of hydrogen-bond donors (Lipinski definition) is 1. The Balaban J connectivity index is 1.72. The van der Waals surface area contributed by atoms with E-state index in [9.17, 15) is 4.79 Å². The van der Waals surface area contributed by atoms with Crippen LogP contribution in [0.1, 0.15) is 22.9 Å².